The molecular formula is C17H15NO. The average molecular weight is 249 g/mol. The van der Waals surface area contributed by atoms with Crippen molar-refractivity contribution in [2.45, 2.75) is 18.6 Å². The number of para-hydroxylation sites is 1. The Morgan fingerprint density at radius 2 is 1.63 bits per heavy atom. The number of hydrogen-bond donors (Lipinski definition) is 0. The van der Waals surface area contributed by atoms with Gasteiger partial charge in [-0.25, -0.2) is 5.06 Å². The SMILES string of the molecule is C#C[C@@H]1C[C@@H](c2ccccc2)N(c2ccccc2)O1. The summed E-state index contributed by atoms with van der Waals surface area (Å²) in [6.45, 7) is 0. The molecule has 2 aromatic rings. The fourth-order valence-electron chi connectivity index (χ4n) is 2.41. The Hall–Kier alpha value is -2.24. The maximum Gasteiger partial charge on any atom is 0.148 e. The molecule has 0 saturated carbocycles. The molecule has 1 aliphatic heterocycles. The van der Waals surface area contributed by atoms with Crippen molar-refractivity contribution < 1.29 is 4.84 Å². The Kier molecular flexibility index (Phi) is 3.22. The summed E-state index contributed by atoms with van der Waals surface area (Å²) in [6.07, 6.45) is 6.17. The van der Waals surface area contributed by atoms with Crippen LogP contribution in [0, 0.1) is 12.3 Å². The molecule has 2 aromatic carbocycles. The van der Waals surface area contributed by atoms with Crippen LogP contribution in [-0.2, 0) is 4.84 Å². The number of rotatable bonds is 2. The lowest BCUT2D eigenvalue weighted by molar-refractivity contribution is 0.119. The molecule has 3 rings (SSSR count). The van der Waals surface area contributed by atoms with E-state index in [1.807, 2.05) is 53.6 Å². The second-order valence-electron chi connectivity index (χ2n) is 4.58. The molecule has 19 heavy (non-hydrogen) atoms. The molecule has 0 N–H and O–H groups in total. The van der Waals surface area contributed by atoms with E-state index in [4.69, 9.17) is 11.3 Å². The molecule has 0 radical (unpaired) electrons. The van der Waals surface area contributed by atoms with Crippen molar-refractivity contribution in [2.75, 3.05) is 5.06 Å². The Morgan fingerprint density at radius 3 is 2.26 bits per heavy atom. The topological polar surface area (TPSA) is 12.5 Å². The van der Waals surface area contributed by atoms with Gasteiger partial charge in [0, 0.05) is 6.42 Å². The first kappa shape index (κ1) is 11.8. The number of terminal acetylenes is 1. The molecule has 2 heteroatoms. The lowest BCUT2D eigenvalue weighted by atomic mass is 10.0. The second-order valence-corrected chi connectivity index (χ2v) is 4.58. The van der Waals surface area contributed by atoms with E-state index >= 15 is 0 Å². The molecule has 0 spiro atoms. The third-order valence-electron chi connectivity index (χ3n) is 3.34. The van der Waals surface area contributed by atoms with Gasteiger partial charge in [0.15, 0.2) is 0 Å². The van der Waals surface area contributed by atoms with Gasteiger partial charge in [0.05, 0.1) is 11.7 Å². The number of nitrogens with zero attached hydrogens (tertiary/aromatic N) is 1. The van der Waals surface area contributed by atoms with Crippen molar-refractivity contribution in [3.05, 3.63) is 66.2 Å². The van der Waals surface area contributed by atoms with E-state index in [2.05, 4.69) is 18.1 Å². The number of anilines is 1. The first-order chi connectivity index (χ1) is 9.38. The van der Waals surface area contributed by atoms with Gasteiger partial charge in [0.2, 0.25) is 0 Å². The van der Waals surface area contributed by atoms with Crippen molar-refractivity contribution in [1.82, 2.24) is 0 Å². The summed E-state index contributed by atoms with van der Waals surface area (Å²) < 4.78 is 0. The van der Waals surface area contributed by atoms with Crippen molar-refractivity contribution in [1.29, 1.82) is 0 Å². The minimum atomic E-state index is -0.162. The Balaban J connectivity index is 1.95. The zero-order valence-corrected chi connectivity index (χ0v) is 10.6. The second kappa shape index (κ2) is 5.17. The van der Waals surface area contributed by atoms with Crippen LogP contribution in [0.25, 0.3) is 0 Å². The molecule has 94 valence electrons. The molecule has 0 bridgehead atoms. The van der Waals surface area contributed by atoms with Crippen molar-refractivity contribution >= 4 is 5.69 Å². The Bertz CT molecular complexity index is 526. The highest BCUT2D eigenvalue weighted by molar-refractivity contribution is 5.47. The molecule has 1 fully saturated rings. The third kappa shape index (κ3) is 2.33. The van der Waals surface area contributed by atoms with Gasteiger partial charge in [-0.15, -0.1) is 6.42 Å². The molecule has 2 nitrogen and oxygen atoms in total. The minimum Gasteiger partial charge on any atom is -0.256 e. The maximum absolute atomic E-state index is 5.86. The van der Waals surface area contributed by atoms with E-state index in [1.165, 1.54) is 5.56 Å². The van der Waals surface area contributed by atoms with Crippen LogP contribution in [0.5, 0.6) is 0 Å². The molecule has 1 aliphatic rings. The van der Waals surface area contributed by atoms with Gasteiger partial charge in [-0.1, -0.05) is 54.5 Å². The Morgan fingerprint density at radius 1 is 1.00 bits per heavy atom. The van der Waals surface area contributed by atoms with Crippen LogP contribution < -0.4 is 5.06 Å². The minimum absolute atomic E-state index is 0.162. The van der Waals surface area contributed by atoms with Crippen LogP contribution in [0.2, 0.25) is 0 Å². The van der Waals surface area contributed by atoms with E-state index in [-0.39, 0.29) is 12.1 Å². The summed E-state index contributed by atoms with van der Waals surface area (Å²) in [6, 6.07) is 20.6. The summed E-state index contributed by atoms with van der Waals surface area (Å²) in [7, 11) is 0. The number of benzene rings is 2. The van der Waals surface area contributed by atoms with Crippen molar-refractivity contribution in [2.24, 2.45) is 0 Å². The monoisotopic (exact) mass is 249 g/mol. The van der Waals surface area contributed by atoms with E-state index in [1.54, 1.807) is 0 Å². The van der Waals surface area contributed by atoms with Crippen molar-refractivity contribution in [3.8, 4) is 12.3 Å². The quantitative estimate of drug-likeness (QED) is 0.754. The van der Waals surface area contributed by atoms with E-state index in [9.17, 15) is 0 Å². The largest absolute Gasteiger partial charge is 0.256 e. The predicted octanol–water partition coefficient (Wildman–Crippen LogP) is 3.57. The van der Waals surface area contributed by atoms with Gasteiger partial charge in [-0.05, 0) is 17.7 Å². The maximum atomic E-state index is 5.86. The third-order valence-corrected chi connectivity index (χ3v) is 3.34. The van der Waals surface area contributed by atoms with E-state index < -0.39 is 0 Å². The van der Waals surface area contributed by atoms with Crippen LogP contribution in [0.1, 0.15) is 18.0 Å². The zero-order valence-electron chi connectivity index (χ0n) is 10.6. The molecule has 1 heterocycles. The molecule has 2 atom stereocenters. The lowest BCUT2D eigenvalue weighted by Gasteiger charge is -2.24. The highest BCUT2D eigenvalue weighted by atomic mass is 16.7. The summed E-state index contributed by atoms with van der Waals surface area (Å²) in [5.74, 6) is 2.70. The molecular weight excluding hydrogens is 234 g/mol. The number of hydroxylamine groups is 1. The predicted molar refractivity (Wildman–Crippen MR) is 76.4 cm³/mol. The van der Waals surface area contributed by atoms with Crippen LogP contribution in [0.4, 0.5) is 5.69 Å². The molecule has 0 aromatic heterocycles. The highest BCUT2D eigenvalue weighted by Crippen LogP contribution is 2.37. The fraction of sp³-hybridized carbons (Fsp3) is 0.176. The van der Waals surface area contributed by atoms with Crippen LogP contribution >= 0.6 is 0 Å². The van der Waals surface area contributed by atoms with Gasteiger partial charge >= 0.3 is 0 Å². The zero-order chi connectivity index (χ0) is 13.1. The molecule has 0 aliphatic carbocycles. The van der Waals surface area contributed by atoms with Crippen LogP contribution in [0.3, 0.4) is 0 Å². The summed E-state index contributed by atoms with van der Waals surface area (Å²) in [5.41, 5.74) is 2.26. The van der Waals surface area contributed by atoms with Crippen LogP contribution in [-0.4, -0.2) is 6.10 Å². The summed E-state index contributed by atoms with van der Waals surface area (Å²) in [4.78, 5) is 5.86. The van der Waals surface area contributed by atoms with E-state index in [0.29, 0.717) is 0 Å². The van der Waals surface area contributed by atoms with Gasteiger partial charge in [-0.3, -0.25) is 4.84 Å². The summed E-state index contributed by atoms with van der Waals surface area (Å²) >= 11 is 0. The molecule has 0 unspecified atom stereocenters. The average Bonchev–Trinajstić information content (AvgIpc) is 2.93. The van der Waals surface area contributed by atoms with Gasteiger partial charge in [-0.2, -0.15) is 0 Å². The lowest BCUT2D eigenvalue weighted by Crippen LogP contribution is -2.21. The first-order valence-corrected chi connectivity index (χ1v) is 6.40. The van der Waals surface area contributed by atoms with Crippen molar-refractivity contribution in [3.63, 3.8) is 0 Å². The van der Waals surface area contributed by atoms with Gasteiger partial charge in [0.25, 0.3) is 0 Å². The number of hydrogen-bond acceptors (Lipinski definition) is 2. The summed E-state index contributed by atoms with van der Waals surface area (Å²) in [5, 5.41) is 1.93. The van der Waals surface area contributed by atoms with Gasteiger partial charge in [0.1, 0.15) is 6.10 Å². The molecule has 0 amide bonds. The normalized spacial score (nSPS) is 22.2. The smallest absolute Gasteiger partial charge is 0.148 e. The highest BCUT2D eigenvalue weighted by Gasteiger charge is 2.33. The van der Waals surface area contributed by atoms with Crippen LogP contribution in [0.15, 0.2) is 60.7 Å². The first-order valence-electron chi connectivity index (χ1n) is 6.40. The van der Waals surface area contributed by atoms with Gasteiger partial charge < -0.3 is 0 Å². The fourth-order valence-corrected chi connectivity index (χ4v) is 2.41. The van der Waals surface area contributed by atoms with E-state index in [0.717, 1.165) is 12.1 Å². The standard InChI is InChI=1S/C17H15NO/c1-2-16-13-17(14-9-5-3-6-10-14)18(19-16)15-11-7-4-8-12-15/h1,3-12,16-17H,13H2/t16-,17+/m1/s1. The Labute approximate surface area is 113 Å². The molecule has 1 saturated heterocycles.